The summed E-state index contributed by atoms with van der Waals surface area (Å²) in [7, 11) is 1.63. The van der Waals surface area contributed by atoms with Gasteiger partial charge in [0.25, 0.3) is 5.56 Å². The Balaban J connectivity index is 1.94. The minimum atomic E-state index is -0.130. The zero-order valence-corrected chi connectivity index (χ0v) is 15.3. The Hall–Kier alpha value is -2.34. The van der Waals surface area contributed by atoms with Gasteiger partial charge in [-0.25, -0.2) is 0 Å². The molecule has 124 valence electrons. The predicted molar refractivity (Wildman–Crippen MR) is 96.0 cm³/mol. The van der Waals surface area contributed by atoms with Crippen molar-refractivity contribution in [2.75, 3.05) is 7.11 Å². The van der Waals surface area contributed by atoms with Gasteiger partial charge in [-0.1, -0.05) is 12.1 Å². The van der Waals surface area contributed by atoms with Crippen molar-refractivity contribution in [3.05, 3.63) is 68.0 Å². The standard InChI is InChI=1S/C18H17BrN2O3/c1-11-8-15(19)16-20-17(12(2)18(22)21(16)9-11)24-10-13-4-6-14(23-3)7-5-13/h4-9H,10H2,1-3H3. The minimum absolute atomic E-state index is 0.130. The van der Waals surface area contributed by atoms with E-state index in [-0.39, 0.29) is 5.56 Å². The van der Waals surface area contributed by atoms with Crippen molar-refractivity contribution in [3.63, 3.8) is 0 Å². The van der Waals surface area contributed by atoms with Crippen LogP contribution in [0.5, 0.6) is 11.6 Å². The third kappa shape index (κ3) is 3.14. The van der Waals surface area contributed by atoms with Crippen molar-refractivity contribution < 1.29 is 9.47 Å². The van der Waals surface area contributed by atoms with Gasteiger partial charge in [-0.05, 0) is 59.1 Å². The summed E-state index contributed by atoms with van der Waals surface area (Å²) in [5, 5.41) is 0. The van der Waals surface area contributed by atoms with Crippen LogP contribution in [0, 0.1) is 13.8 Å². The molecule has 3 rings (SSSR count). The lowest BCUT2D eigenvalue weighted by atomic mass is 10.2. The van der Waals surface area contributed by atoms with Crippen molar-refractivity contribution >= 4 is 21.6 Å². The van der Waals surface area contributed by atoms with Crippen LogP contribution in [0.15, 0.2) is 45.8 Å². The van der Waals surface area contributed by atoms with E-state index in [1.54, 1.807) is 20.2 Å². The van der Waals surface area contributed by atoms with Gasteiger partial charge in [-0.2, -0.15) is 4.98 Å². The highest BCUT2D eigenvalue weighted by molar-refractivity contribution is 9.10. The van der Waals surface area contributed by atoms with Crippen molar-refractivity contribution in [1.29, 1.82) is 0 Å². The van der Waals surface area contributed by atoms with E-state index in [0.29, 0.717) is 23.7 Å². The maximum atomic E-state index is 12.6. The number of ether oxygens (including phenoxy) is 2. The molecule has 2 heterocycles. The van der Waals surface area contributed by atoms with Crippen molar-refractivity contribution in [1.82, 2.24) is 9.38 Å². The molecule has 5 nitrogen and oxygen atoms in total. The summed E-state index contributed by atoms with van der Waals surface area (Å²) in [6.45, 7) is 3.98. The number of benzene rings is 1. The van der Waals surface area contributed by atoms with Crippen LogP contribution in [0.1, 0.15) is 16.7 Å². The largest absolute Gasteiger partial charge is 0.497 e. The SMILES string of the molecule is COc1ccc(COc2nc3c(Br)cc(C)cn3c(=O)c2C)cc1. The Bertz CT molecular complexity index is 949. The van der Waals surface area contributed by atoms with Crippen LogP contribution in [0.4, 0.5) is 0 Å². The van der Waals surface area contributed by atoms with Gasteiger partial charge in [0.2, 0.25) is 5.88 Å². The Labute approximate surface area is 148 Å². The van der Waals surface area contributed by atoms with Crippen LogP contribution in [0.25, 0.3) is 5.65 Å². The normalized spacial score (nSPS) is 10.8. The smallest absolute Gasteiger partial charge is 0.264 e. The van der Waals surface area contributed by atoms with Crippen molar-refractivity contribution in [2.45, 2.75) is 20.5 Å². The number of nitrogens with zero attached hydrogens (tertiary/aromatic N) is 2. The van der Waals surface area contributed by atoms with Crippen LogP contribution in [-0.2, 0) is 6.61 Å². The minimum Gasteiger partial charge on any atom is -0.497 e. The number of fused-ring (bicyclic) bond motifs is 1. The van der Waals surface area contributed by atoms with Gasteiger partial charge >= 0.3 is 0 Å². The first kappa shape index (κ1) is 16.5. The van der Waals surface area contributed by atoms with E-state index in [0.717, 1.165) is 21.3 Å². The van der Waals surface area contributed by atoms with E-state index >= 15 is 0 Å². The van der Waals surface area contributed by atoms with Crippen LogP contribution >= 0.6 is 15.9 Å². The van der Waals surface area contributed by atoms with Crippen molar-refractivity contribution in [3.8, 4) is 11.6 Å². The second-order valence-electron chi connectivity index (χ2n) is 5.54. The number of rotatable bonds is 4. The van der Waals surface area contributed by atoms with Gasteiger partial charge in [0.1, 0.15) is 12.4 Å². The van der Waals surface area contributed by atoms with E-state index in [9.17, 15) is 4.79 Å². The summed E-state index contributed by atoms with van der Waals surface area (Å²) in [5.74, 6) is 1.14. The summed E-state index contributed by atoms with van der Waals surface area (Å²) < 4.78 is 13.2. The molecule has 0 aliphatic heterocycles. The molecule has 0 aliphatic rings. The Morgan fingerprint density at radius 2 is 1.92 bits per heavy atom. The molecule has 6 heteroatoms. The molecular weight excluding hydrogens is 372 g/mol. The van der Waals surface area contributed by atoms with Crippen LogP contribution < -0.4 is 15.0 Å². The molecule has 0 radical (unpaired) electrons. The molecular formula is C18H17BrN2O3. The summed E-state index contributed by atoms with van der Waals surface area (Å²) in [6, 6.07) is 9.49. The first-order chi connectivity index (χ1) is 11.5. The molecule has 0 fully saturated rings. The molecule has 0 saturated heterocycles. The monoisotopic (exact) mass is 388 g/mol. The maximum Gasteiger partial charge on any atom is 0.264 e. The first-order valence-electron chi connectivity index (χ1n) is 7.44. The molecule has 1 aromatic carbocycles. The molecule has 24 heavy (non-hydrogen) atoms. The number of hydrogen-bond acceptors (Lipinski definition) is 4. The molecule has 0 N–H and O–H groups in total. The molecule has 0 bridgehead atoms. The fraction of sp³-hybridized carbons (Fsp3) is 0.222. The fourth-order valence-corrected chi connectivity index (χ4v) is 3.05. The lowest BCUT2D eigenvalue weighted by molar-refractivity contribution is 0.291. The second-order valence-corrected chi connectivity index (χ2v) is 6.40. The zero-order valence-electron chi connectivity index (χ0n) is 13.7. The summed E-state index contributed by atoms with van der Waals surface area (Å²) >= 11 is 3.46. The zero-order chi connectivity index (χ0) is 17.3. The van der Waals surface area contributed by atoms with Gasteiger partial charge in [-0.3, -0.25) is 9.20 Å². The van der Waals surface area contributed by atoms with E-state index in [4.69, 9.17) is 9.47 Å². The molecule has 0 aliphatic carbocycles. The lowest BCUT2D eigenvalue weighted by Gasteiger charge is -2.11. The fourth-order valence-electron chi connectivity index (χ4n) is 2.41. The van der Waals surface area contributed by atoms with Gasteiger partial charge in [0, 0.05) is 6.20 Å². The Morgan fingerprint density at radius 3 is 2.58 bits per heavy atom. The molecule has 3 aromatic rings. The van der Waals surface area contributed by atoms with E-state index in [2.05, 4.69) is 20.9 Å². The summed E-state index contributed by atoms with van der Waals surface area (Å²) in [5.41, 5.74) is 2.85. The number of hydrogen-bond donors (Lipinski definition) is 0. The summed E-state index contributed by atoms with van der Waals surface area (Å²) in [6.07, 6.45) is 1.77. The van der Waals surface area contributed by atoms with E-state index < -0.39 is 0 Å². The highest BCUT2D eigenvalue weighted by atomic mass is 79.9. The molecule has 0 unspecified atom stereocenters. The van der Waals surface area contributed by atoms with E-state index in [1.807, 2.05) is 37.3 Å². The molecule has 0 saturated carbocycles. The maximum absolute atomic E-state index is 12.6. The first-order valence-corrected chi connectivity index (χ1v) is 8.23. The average Bonchev–Trinajstić information content (AvgIpc) is 2.58. The van der Waals surface area contributed by atoms with E-state index in [1.165, 1.54) is 4.40 Å². The van der Waals surface area contributed by atoms with Gasteiger partial charge in [-0.15, -0.1) is 0 Å². The topological polar surface area (TPSA) is 52.8 Å². The lowest BCUT2D eigenvalue weighted by Crippen LogP contribution is -2.19. The number of aryl methyl sites for hydroxylation is 1. The summed E-state index contributed by atoms with van der Waals surface area (Å²) in [4.78, 5) is 17.0. The highest BCUT2D eigenvalue weighted by Crippen LogP contribution is 2.21. The average molecular weight is 389 g/mol. The number of halogens is 1. The van der Waals surface area contributed by atoms with Gasteiger partial charge < -0.3 is 9.47 Å². The number of pyridine rings is 1. The molecule has 2 aromatic heterocycles. The molecule has 0 spiro atoms. The highest BCUT2D eigenvalue weighted by Gasteiger charge is 2.12. The van der Waals surface area contributed by atoms with Gasteiger partial charge in [0.05, 0.1) is 17.1 Å². The van der Waals surface area contributed by atoms with Crippen LogP contribution in [0.3, 0.4) is 0 Å². The van der Waals surface area contributed by atoms with Gasteiger partial charge in [0.15, 0.2) is 5.65 Å². The molecule has 0 amide bonds. The number of aromatic nitrogens is 2. The predicted octanol–water partition coefficient (Wildman–Crippen LogP) is 3.66. The van der Waals surface area contributed by atoms with Crippen molar-refractivity contribution in [2.24, 2.45) is 0 Å². The molecule has 0 atom stereocenters. The quantitative estimate of drug-likeness (QED) is 0.684. The number of methoxy groups -OCH3 is 1. The van der Waals surface area contributed by atoms with Crippen LogP contribution in [0.2, 0.25) is 0 Å². The Kier molecular flexibility index (Phi) is 4.57. The third-order valence-electron chi connectivity index (χ3n) is 3.73. The second kappa shape index (κ2) is 6.65. The Morgan fingerprint density at radius 1 is 1.21 bits per heavy atom. The third-order valence-corrected chi connectivity index (χ3v) is 4.31. The van der Waals surface area contributed by atoms with Crippen LogP contribution in [-0.4, -0.2) is 16.5 Å².